The molecule has 5 nitrogen and oxygen atoms in total. The highest BCUT2D eigenvalue weighted by Crippen LogP contribution is 2.43. The summed E-state index contributed by atoms with van der Waals surface area (Å²) in [6, 6.07) is 6.00. The SMILES string of the molecule is CCOC(=O)c1c(NC(=O)COc2ccc(C)cc2C(C)(C)C)sc2c1C(C)CCC2. The predicted molar refractivity (Wildman–Crippen MR) is 126 cm³/mol. The molecule has 0 fully saturated rings. The van der Waals surface area contributed by atoms with E-state index in [9.17, 15) is 9.59 Å². The first-order valence-electron chi connectivity index (χ1n) is 11.0. The molecule has 1 aromatic carbocycles. The standard InChI is InChI=1S/C25H33NO4S/c1-7-29-24(28)22-21-16(3)9-8-10-19(21)31-23(22)26-20(27)14-30-18-12-11-15(2)13-17(18)25(4,5)6/h11-13,16H,7-10,14H2,1-6H3,(H,26,27). The van der Waals surface area contributed by atoms with Gasteiger partial charge in [-0.05, 0) is 61.6 Å². The number of fused-ring (bicyclic) bond motifs is 1. The van der Waals surface area contributed by atoms with Gasteiger partial charge in [-0.25, -0.2) is 4.79 Å². The molecule has 1 aliphatic rings. The molecule has 168 valence electrons. The molecular weight excluding hydrogens is 410 g/mol. The first kappa shape index (κ1) is 23.3. The summed E-state index contributed by atoms with van der Waals surface area (Å²) in [6.07, 6.45) is 3.06. The Morgan fingerprint density at radius 1 is 1.26 bits per heavy atom. The number of hydrogen-bond donors (Lipinski definition) is 1. The second-order valence-electron chi connectivity index (χ2n) is 9.24. The van der Waals surface area contributed by atoms with Crippen molar-refractivity contribution in [3.05, 3.63) is 45.3 Å². The number of benzene rings is 1. The van der Waals surface area contributed by atoms with Crippen LogP contribution >= 0.6 is 11.3 Å². The van der Waals surface area contributed by atoms with Gasteiger partial charge in [0.1, 0.15) is 10.8 Å². The monoisotopic (exact) mass is 443 g/mol. The number of thiophene rings is 1. The number of anilines is 1. The summed E-state index contributed by atoms with van der Waals surface area (Å²) >= 11 is 1.49. The first-order chi connectivity index (χ1) is 14.6. The highest BCUT2D eigenvalue weighted by Gasteiger charge is 2.31. The van der Waals surface area contributed by atoms with Crippen LogP contribution in [0.2, 0.25) is 0 Å². The van der Waals surface area contributed by atoms with Gasteiger partial charge in [-0.3, -0.25) is 4.79 Å². The molecule has 1 amide bonds. The van der Waals surface area contributed by atoms with E-state index in [1.54, 1.807) is 6.92 Å². The number of rotatable bonds is 6. The van der Waals surface area contributed by atoms with Gasteiger partial charge in [0, 0.05) is 4.88 Å². The number of ether oxygens (including phenoxy) is 2. The maximum atomic E-state index is 12.8. The summed E-state index contributed by atoms with van der Waals surface area (Å²) in [4.78, 5) is 26.6. The second kappa shape index (κ2) is 9.43. The van der Waals surface area contributed by atoms with E-state index in [1.165, 1.54) is 16.2 Å². The molecule has 0 aliphatic heterocycles. The normalized spacial score (nSPS) is 15.9. The number of carbonyl (C=O) groups is 2. The molecule has 1 aromatic heterocycles. The molecule has 3 rings (SSSR count). The summed E-state index contributed by atoms with van der Waals surface area (Å²) in [7, 11) is 0. The topological polar surface area (TPSA) is 64.6 Å². The van der Waals surface area contributed by atoms with Crippen molar-refractivity contribution in [2.45, 2.75) is 72.1 Å². The Hall–Kier alpha value is -2.34. The Morgan fingerprint density at radius 3 is 2.68 bits per heavy atom. The molecule has 1 N–H and O–H groups in total. The minimum atomic E-state index is -0.362. The van der Waals surface area contributed by atoms with Crippen molar-refractivity contribution in [1.82, 2.24) is 0 Å². The van der Waals surface area contributed by atoms with E-state index in [0.29, 0.717) is 22.9 Å². The fourth-order valence-electron chi connectivity index (χ4n) is 4.07. The van der Waals surface area contributed by atoms with Crippen LogP contribution in [-0.4, -0.2) is 25.1 Å². The van der Waals surface area contributed by atoms with E-state index in [1.807, 2.05) is 19.1 Å². The van der Waals surface area contributed by atoms with Crippen LogP contribution in [0.15, 0.2) is 18.2 Å². The van der Waals surface area contributed by atoms with E-state index in [2.05, 4.69) is 39.1 Å². The molecular formula is C25H33NO4S. The van der Waals surface area contributed by atoms with Gasteiger partial charge in [0.25, 0.3) is 5.91 Å². The van der Waals surface area contributed by atoms with Gasteiger partial charge < -0.3 is 14.8 Å². The highest BCUT2D eigenvalue weighted by molar-refractivity contribution is 7.17. The van der Waals surface area contributed by atoms with Crippen LogP contribution in [0.1, 0.15) is 85.3 Å². The lowest BCUT2D eigenvalue weighted by molar-refractivity contribution is -0.118. The smallest absolute Gasteiger partial charge is 0.341 e. The zero-order valence-corrected chi connectivity index (χ0v) is 20.2. The van der Waals surface area contributed by atoms with Gasteiger partial charge in [0.2, 0.25) is 0 Å². The number of amides is 1. The maximum Gasteiger partial charge on any atom is 0.341 e. The summed E-state index contributed by atoms with van der Waals surface area (Å²) in [5, 5.41) is 3.50. The van der Waals surface area contributed by atoms with E-state index >= 15 is 0 Å². The molecule has 1 heterocycles. The van der Waals surface area contributed by atoms with E-state index in [4.69, 9.17) is 9.47 Å². The fraction of sp³-hybridized carbons (Fsp3) is 0.520. The van der Waals surface area contributed by atoms with Crippen LogP contribution < -0.4 is 10.1 Å². The van der Waals surface area contributed by atoms with Crippen LogP contribution in [-0.2, 0) is 21.4 Å². The molecule has 1 aliphatic carbocycles. The number of carbonyl (C=O) groups excluding carboxylic acids is 2. The lowest BCUT2D eigenvalue weighted by Crippen LogP contribution is -2.23. The number of esters is 1. The van der Waals surface area contributed by atoms with Crippen LogP contribution in [0.4, 0.5) is 5.00 Å². The van der Waals surface area contributed by atoms with Crippen molar-refractivity contribution < 1.29 is 19.1 Å². The van der Waals surface area contributed by atoms with Crippen molar-refractivity contribution in [3.63, 3.8) is 0 Å². The molecule has 1 atom stereocenters. The van der Waals surface area contributed by atoms with Crippen molar-refractivity contribution in [1.29, 1.82) is 0 Å². The third kappa shape index (κ3) is 5.29. The number of nitrogens with one attached hydrogen (secondary N) is 1. The number of hydrogen-bond acceptors (Lipinski definition) is 5. The molecule has 0 spiro atoms. The van der Waals surface area contributed by atoms with Gasteiger partial charge in [-0.2, -0.15) is 0 Å². The van der Waals surface area contributed by atoms with Gasteiger partial charge in [0.15, 0.2) is 6.61 Å². The summed E-state index contributed by atoms with van der Waals surface area (Å²) in [5.74, 6) is 0.344. The third-order valence-corrected chi connectivity index (χ3v) is 6.77. The Balaban J connectivity index is 1.80. The predicted octanol–water partition coefficient (Wildman–Crippen LogP) is 5.99. The van der Waals surface area contributed by atoms with Gasteiger partial charge in [-0.1, -0.05) is 45.4 Å². The minimum absolute atomic E-state index is 0.0994. The van der Waals surface area contributed by atoms with Crippen molar-refractivity contribution in [3.8, 4) is 5.75 Å². The Labute approximate surface area is 189 Å². The van der Waals surface area contributed by atoms with E-state index in [-0.39, 0.29) is 29.8 Å². The van der Waals surface area contributed by atoms with Gasteiger partial charge in [-0.15, -0.1) is 11.3 Å². The summed E-state index contributed by atoms with van der Waals surface area (Å²) < 4.78 is 11.2. The third-order valence-electron chi connectivity index (χ3n) is 5.59. The van der Waals surface area contributed by atoms with Gasteiger partial charge in [0.05, 0.1) is 12.2 Å². The van der Waals surface area contributed by atoms with Crippen molar-refractivity contribution in [2.24, 2.45) is 0 Å². The fourth-order valence-corrected chi connectivity index (χ4v) is 5.43. The molecule has 0 saturated carbocycles. The zero-order chi connectivity index (χ0) is 22.8. The quantitative estimate of drug-likeness (QED) is 0.557. The zero-order valence-electron chi connectivity index (χ0n) is 19.4. The summed E-state index contributed by atoms with van der Waals surface area (Å²) in [6.45, 7) is 12.5. The Kier molecular flexibility index (Phi) is 7.10. The Bertz CT molecular complexity index is 971. The van der Waals surface area contributed by atoms with Crippen LogP contribution in [0.25, 0.3) is 0 Å². The average Bonchev–Trinajstić information content (AvgIpc) is 3.05. The molecule has 0 radical (unpaired) electrons. The van der Waals surface area contributed by atoms with Crippen molar-refractivity contribution >= 4 is 28.2 Å². The molecule has 0 bridgehead atoms. The largest absolute Gasteiger partial charge is 0.483 e. The summed E-state index contributed by atoms with van der Waals surface area (Å²) in [5.41, 5.74) is 3.68. The van der Waals surface area contributed by atoms with E-state index in [0.717, 1.165) is 36.0 Å². The van der Waals surface area contributed by atoms with E-state index < -0.39 is 0 Å². The van der Waals surface area contributed by atoms with Gasteiger partial charge >= 0.3 is 5.97 Å². The second-order valence-corrected chi connectivity index (χ2v) is 10.3. The van der Waals surface area contributed by atoms with Crippen LogP contribution in [0.5, 0.6) is 5.75 Å². The molecule has 31 heavy (non-hydrogen) atoms. The molecule has 0 saturated heterocycles. The van der Waals surface area contributed by atoms with Crippen LogP contribution in [0.3, 0.4) is 0 Å². The lowest BCUT2D eigenvalue weighted by atomic mass is 9.85. The van der Waals surface area contributed by atoms with Crippen LogP contribution in [0, 0.1) is 6.92 Å². The van der Waals surface area contributed by atoms with Crippen molar-refractivity contribution in [2.75, 3.05) is 18.5 Å². The average molecular weight is 444 g/mol. The highest BCUT2D eigenvalue weighted by atomic mass is 32.1. The number of aryl methyl sites for hydroxylation is 2. The molecule has 2 aromatic rings. The first-order valence-corrected chi connectivity index (χ1v) is 11.8. The molecule has 6 heteroatoms. The lowest BCUT2D eigenvalue weighted by Gasteiger charge is -2.23. The maximum absolute atomic E-state index is 12.8. The minimum Gasteiger partial charge on any atom is -0.483 e. The Morgan fingerprint density at radius 2 is 2.00 bits per heavy atom. The molecule has 1 unspecified atom stereocenters.